The molecule has 0 bridgehead atoms. The molecular weight excluding hydrogens is 647 g/mol. The monoisotopic (exact) mass is 670 g/mol. The maximum atomic E-state index is 9.75. The third-order valence-corrected chi connectivity index (χ3v) is 3.30. The normalized spacial score (nSPS) is 8.56. The van der Waals surface area contributed by atoms with E-state index in [-0.39, 0.29) is 20.1 Å². The summed E-state index contributed by atoms with van der Waals surface area (Å²) in [6.45, 7) is 2.86. The van der Waals surface area contributed by atoms with Gasteiger partial charge < -0.3 is 27.2 Å². The molecule has 0 spiro atoms. The van der Waals surface area contributed by atoms with Crippen molar-refractivity contribution in [3.05, 3.63) is 109 Å². The molecule has 0 amide bonds. The molecule has 0 saturated heterocycles. The van der Waals surface area contributed by atoms with Crippen LogP contribution in [0.5, 0.6) is 0 Å². The molecule has 0 unspecified atom stereocenters. The van der Waals surface area contributed by atoms with E-state index in [0.717, 1.165) is 22.5 Å². The molecule has 4 aromatic rings. The Kier molecular flexibility index (Phi) is 20.7. The van der Waals surface area contributed by atoms with Gasteiger partial charge >= 0.3 is 27.4 Å². The molecule has 0 fully saturated rings. The average molecular weight is 670 g/mol. The molecule has 2 aromatic carbocycles. The van der Waals surface area contributed by atoms with Crippen LogP contribution in [0, 0.1) is 34.8 Å². The van der Waals surface area contributed by atoms with Crippen molar-refractivity contribution in [2.24, 2.45) is 0 Å². The van der Waals surface area contributed by atoms with Crippen molar-refractivity contribution < 1.29 is 37.4 Å². The van der Waals surface area contributed by atoms with Crippen LogP contribution < -0.4 is 0 Å². The largest absolute Gasteiger partial charge is 3.00 e. The Balaban J connectivity index is 0. The van der Waals surface area contributed by atoms with Gasteiger partial charge in [0.05, 0.1) is 12.1 Å². The van der Waals surface area contributed by atoms with E-state index in [4.69, 9.17) is 10.5 Å². The zero-order valence-electron chi connectivity index (χ0n) is 19.4. The number of aromatic nitrogens is 2. The molecule has 0 atom stereocenters. The molecule has 0 aliphatic rings. The van der Waals surface area contributed by atoms with Crippen LogP contribution in [0.2, 0.25) is 0 Å². The molecule has 186 valence electrons. The smallest absolute Gasteiger partial charge is 0.418 e. The van der Waals surface area contributed by atoms with E-state index in [2.05, 4.69) is 22.1 Å². The fourth-order valence-electron chi connectivity index (χ4n) is 2.15. The first kappa shape index (κ1) is 34.3. The summed E-state index contributed by atoms with van der Waals surface area (Å²) in [4.78, 5) is 8.44. The van der Waals surface area contributed by atoms with Gasteiger partial charge in [-0.15, -0.1) is 71.8 Å². The van der Waals surface area contributed by atoms with Crippen LogP contribution >= 0.6 is 0 Å². The summed E-state index contributed by atoms with van der Waals surface area (Å²) < 4.78 is 39.0. The van der Waals surface area contributed by atoms with Crippen molar-refractivity contribution in [1.82, 2.24) is 9.97 Å². The van der Waals surface area contributed by atoms with Gasteiger partial charge in [-0.1, -0.05) is 24.3 Å². The van der Waals surface area contributed by atoms with Crippen LogP contribution in [0.1, 0.15) is 13.8 Å². The number of rotatable bonds is 2. The fourth-order valence-corrected chi connectivity index (χ4v) is 2.15. The second kappa shape index (κ2) is 21.7. The van der Waals surface area contributed by atoms with E-state index in [9.17, 15) is 17.3 Å². The summed E-state index contributed by atoms with van der Waals surface area (Å²) >= 11 is 0. The second-order valence-corrected chi connectivity index (χ2v) is 5.92. The van der Waals surface area contributed by atoms with Crippen molar-refractivity contribution in [2.75, 3.05) is 0 Å². The maximum Gasteiger partial charge on any atom is 3.00 e. The number of hydrogen-bond acceptors (Lipinski definition) is 4. The molecule has 0 N–H and O–H groups in total. The number of nitriles is 2. The summed E-state index contributed by atoms with van der Waals surface area (Å²) in [5.41, 5.74) is 4.02. The predicted octanol–water partition coefficient (Wildman–Crippen LogP) is 7.45. The Morgan fingerprint density at radius 1 is 0.639 bits per heavy atom. The third kappa shape index (κ3) is 19.6. The Hall–Kier alpha value is -3.85. The summed E-state index contributed by atoms with van der Waals surface area (Å²) in [6, 6.07) is 37.1. The average Bonchev–Trinajstić information content (AvgIpc) is 2.87. The van der Waals surface area contributed by atoms with Crippen molar-refractivity contribution >= 4 is 7.25 Å². The topological polar surface area (TPSA) is 73.4 Å². The van der Waals surface area contributed by atoms with E-state index in [0.29, 0.717) is 0 Å². The molecule has 0 aliphatic heterocycles. The van der Waals surface area contributed by atoms with Gasteiger partial charge in [0.1, 0.15) is 0 Å². The van der Waals surface area contributed by atoms with Gasteiger partial charge in [0.2, 0.25) is 0 Å². The SMILES string of the molecule is CC#N.CC#N.F[B-](F)(F)F.[Ir+3].[c-]1ccccc1-c1ccccn1.[c-]1ccccc1-c1ccccn1. The number of nitrogens with zero attached hydrogens (tertiary/aromatic N) is 4. The minimum absolute atomic E-state index is 0. The molecule has 0 radical (unpaired) electrons. The minimum Gasteiger partial charge on any atom is -0.418 e. The molecule has 2 aromatic heterocycles. The maximum absolute atomic E-state index is 9.75. The van der Waals surface area contributed by atoms with Gasteiger partial charge in [-0.3, -0.25) is 0 Å². The fraction of sp³-hybridized carbons (Fsp3) is 0.0769. The number of benzene rings is 2. The summed E-state index contributed by atoms with van der Waals surface area (Å²) in [5, 5.41) is 14.6. The van der Waals surface area contributed by atoms with Gasteiger partial charge in [-0.2, -0.15) is 10.5 Å². The van der Waals surface area contributed by atoms with Crippen LogP contribution in [-0.4, -0.2) is 17.2 Å². The molecule has 0 saturated carbocycles. The van der Waals surface area contributed by atoms with Gasteiger partial charge in [-0.05, 0) is 23.5 Å². The first-order chi connectivity index (χ1) is 16.8. The number of hydrogen-bond donors (Lipinski definition) is 0. The second-order valence-electron chi connectivity index (χ2n) is 5.92. The predicted molar refractivity (Wildman–Crippen MR) is 130 cm³/mol. The minimum atomic E-state index is -6.00. The van der Waals surface area contributed by atoms with Crippen LogP contribution in [0.15, 0.2) is 97.3 Å². The molecule has 2 heterocycles. The van der Waals surface area contributed by atoms with Gasteiger partial charge in [-0.25, -0.2) is 0 Å². The Morgan fingerprint density at radius 2 is 0.944 bits per heavy atom. The Labute approximate surface area is 222 Å². The summed E-state index contributed by atoms with van der Waals surface area (Å²) in [6.07, 6.45) is 3.58. The van der Waals surface area contributed by atoms with E-state index in [1.807, 2.05) is 84.9 Å². The molecule has 4 rings (SSSR count). The van der Waals surface area contributed by atoms with E-state index < -0.39 is 7.25 Å². The van der Waals surface area contributed by atoms with Gasteiger partial charge in [0.15, 0.2) is 0 Å². The number of pyridine rings is 2. The van der Waals surface area contributed by atoms with Crippen LogP contribution in [0.25, 0.3) is 22.5 Å². The Bertz CT molecular complexity index is 953. The van der Waals surface area contributed by atoms with Crippen molar-refractivity contribution in [2.45, 2.75) is 13.8 Å². The number of halogens is 4. The van der Waals surface area contributed by atoms with E-state index in [1.54, 1.807) is 24.5 Å². The zero-order chi connectivity index (χ0) is 26.4. The quantitative estimate of drug-likeness (QED) is 0.126. The van der Waals surface area contributed by atoms with Crippen molar-refractivity contribution in [3.8, 4) is 34.7 Å². The molecule has 10 heteroatoms. The van der Waals surface area contributed by atoms with E-state index >= 15 is 0 Å². The molecule has 0 aliphatic carbocycles. The van der Waals surface area contributed by atoms with Gasteiger partial charge in [0.25, 0.3) is 0 Å². The van der Waals surface area contributed by atoms with Crippen LogP contribution in [-0.2, 0) is 20.1 Å². The first-order valence-electron chi connectivity index (χ1n) is 10.0. The first-order valence-corrected chi connectivity index (χ1v) is 10.0. The third-order valence-electron chi connectivity index (χ3n) is 3.30. The van der Waals surface area contributed by atoms with Gasteiger partial charge in [0, 0.05) is 26.2 Å². The van der Waals surface area contributed by atoms with E-state index in [1.165, 1.54) is 13.8 Å². The summed E-state index contributed by atoms with van der Waals surface area (Å²) in [7, 11) is -6.00. The standard InChI is InChI=1S/2C11H8N.2C2H3N.BF4.Ir/c2*1-2-6-10(7-3-1)11-8-4-5-9-12-11;2*1-2-3;2-1(3,4)5;/h2*1-6,8-9H;2*1H3;;/q2*-1;;;-1;+3. The molecular formula is C26H22BF4IrN4. The molecule has 4 nitrogen and oxygen atoms in total. The van der Waals surface area contributed by atoms with Crippen molar-refractivity contribution in [3.63, 3.8) is 0 Å². The molecule has 36 heavy (non-hydrogen) atoms. The van der Waals surface area contributed by atoms with Crippen LogP contribution in [0.3, 0.4) is 0 Å². The van der Waals surface area contributed by atoms with Crippen molar-refractivity contribution in [1.29, 1.82) is 10.5 Å². The Morgan fingerprint density at radius 3 is 1.17 bits per heavy atom. The zero-order valence-corrected chi connectivity index (χ0v) is 21.8. The van der Waals surface area contributed by atoms with Crippen LogP contribution in [0.4, 0.5) is 17.3 Å². The summed E-state index contributed by atoms with van der Waals surface area (Å²) in [5.74, 6) is 0.